The molecule has 2 aromatic carbocycles. The second-order valence-electron chi connectivity index (χ2n) is 4.04. The van der Waals surface area contributed by atoms with E-state index in [1.807, 2.05) is 0 Å². The molecule has 3 rings (SSSR count). The van der Waals surface area contributed by atoms with Gasteiger partial charge in [-0.15, -0.1) is 11.3 Å². The van der Waals surface area contributed by atoms with Crippen molar-refractivity contribution < 1.29 is 32.4 Å². The van der Waals surface area contributed by atoms with Gasteiger partial charge in [-0.05, 0) is 22.6 Å². The van der Waals surface area contributed by atoms with Crippen LogP contribution in [0.25, 0.3) is 10.8 Å². The van der Waals surface area contributed by atoms with Gasteiger partial charge in [-0.25, -0.2) is 8.42 Å². The van der Waals surface area contributed by atoms with Crippen LogP contribution in [-0.2, 0) is 9.84 Å². The summed E-state index contributed by atoms with van der Waals surface area (Å²) in [5.74, 6) is 0. The van der Waals surface area contributed by atoms with Crippen molar-refractivity contribution in [1.82, 2.24) is 0 Å². The van der Waals surface area contributed by atoms with Crippen molar-refractivity contribution in [2.75, 3.05) is 0 Å². The Morgan fingerprint density at radius 2 is 1.40 bits per heavy atom. The van der Waals surface area contributed by atoms with Crippen LogP contribution in [-0.4, -0.2) is 8.42 Å². The van der Waals surface area contributed by atoms with Crippen LogP contribution in [0.1, 0.15) is 0 Å². The van der Waals surface area contributed by atoms with Crippen LogP contribution in [0.4, 0.5) is 0 Å². The van der Waals surface area contributed by atoms with Crippen LogP contribution in [0.5, 0.6) is 5.06 Å². The van der Waals surface area contributed by atoms with Gasteiger partial charge in [0.1, 0.15) is 4.21 Å². The first-order valence-corrected chi connectivity index (χ1v) is 7.89. The van der Waals surface area contributed by atoms with E-state index in [1.54, 1.807) is 42.5 Å². The number of fused-ring (bicyclic) bond motifs is 1. The molecule has 0 radical (unpaired) electrons. The van der Waals surface area contributed by atoms with Gasteiger partial charge < -0.3 is 5.11 Å². The minimum atomic E-state index is -3.63. The standard InChI is InChI=1S/C14H10O3S2.Li/c15-13-11-8-4-5-9-12(11)14(18-13)19(16,17)10-6-2-1-3-7-10;/h1-9,15H;/q;+1/p-1. The van der Waals surface area contributed by atoms with Crippen LogP contribution < -0.4 is 24.0 Å². The molecule has 1 heterocycles. The fourth-order valence-corrected chi connectivity index (χ4v) is 4.84. The summed E-state index contributed by atoms with van der Waals surface area (Å²) in [5.41, 5.74) is 0. The molecular weight excluding hydrogens is 287 g/mol. The zero-order valence-electron chi connectivity index (χ0n) is 10.7. The summed E-state index contributed by atoms with van der Waals surface area (Å²) in [4.78, 5) is 0.210. The first-order chi connectivity index (χ1) is 9.10. The predicted octanol–water partition coefficient (Wildman–Crippen LogP) is -0.188. The SMILES string of the molecule is O=S(=O)(c1ccccc1)c1sc([O-])c2ccccc12.[Li+]. The van der Waals surface area contributed by atoms with Crippen molar-refractivity contribution >= 4 is 31.9 Å². The molecule has 0 amide bonds. The van der Waals surface area contributed by atoms with Gasteiger partial charge in [-0.2, -0.15) is 0 Å². The first kappa shape index (κ1) is 15.1. The molecule has 20 heavy (non-hydrogen) atoms. The second-order valence-corrected chi connectivity index (χ2v) is 7.17. The molecule has 3 aromatic rings. The molecular formula is C14H9LiO3S2. The molecule has 96 valence electrons. The summed E-state index contributed by atoms with van der Waals surface area (Å²) < 4.78 is 25.2. The Hall–Kier alpha value is -1.25. The average Bonchev–Trinajstić information content (AvgIpc) is 2.79. The van der Waals surface area contributed by atoms with Crippen LogP contribution in [0.3, 0.4) is 0 Å². The second kappa shape index (κ2) is 5.63. The van der Waals surface area contributed by atoms with Gasteiger partial charge in [0.05, 0.1) is 4.90 Å². The van der Waals surface area contributed by atoms with E-state index < -0.39 is 9.84 Å². The Bertz CT molecular complexity index is 839. The largest absolute Gasteiger partial charge is 1.00 e. The normalized spacial score (nSPS) is 11.2. The molecule has 0 fully saturated rings. The maximum absolute atomic E-state index is 12.5. The van der Waals surface area contributed by atoms with E-state index in [0.717, 1.165) is 11.3 Å². The first-order valence-electron chi connectivity index (χ1n) is 5.59. The molecule has 0 saturated carbocycles. The molecule has 0 aliphatic heterocycles. The van der Waals surface area contributed by atoms with E-state index in [2.05, 4.69) is 0 Å². The van der Waals surface area contributed by atoms with E-state index in [4.69, 9.17) is 0 Å². The Morgan fingerprint density at radius 1 is 0.850 bits per heavy atom. The van der Waals surface area contributed by atoms with Crippen LogP contribution in [0, 0.1) is 0 Å². The minimum absolute atomic E-state index is 0. The van der Waals surface area contributed by atoms with Crippen LogP contribution in [0.2, 0.25) is 0 Å². The third kappa shape index (κ3) is 2.38. The summed E-state index contributed by atoms with van der Waals surface area (Å²) in [6, 6.07) is 14.9. The Kier molecular flexibility index (Phi) is 4.26. The van der Waals surface area contributed by atoms with Crippen molar-refractivity contribution in [3.8, 4) is 5.06 Å². The monoisotopic (exact) mass is 296 g/mol. The van der Waals surface area contributed by atoms with E-state index >= 15 is 0 Å². The van der Waals surface area contributed by atoms with Crippen molar-refractivity contribution in [1.29, 1.82) is 0 Å². The topological polar surface area (TPSA) is 57.2 Å². The van der Waals surface area contributed by atoms with Gasteiger partial charge in [-0.1, -0.05) is 42.5 Å². The minimum Gasteiger partial charge on any atom is -0.865 e. The zero-order chi connectivity index (χ0) is 13.5. The number of hydrogen-bond donors (Lipinski definition) is 0. The summed E-state index contributed by atoms with van der Waals surface area (Å²) in [6.07, 6.45) is 0. The number of sulfone groups is 1. The van der Waals surface area contributed by atoms with Crippen molar-refractivity contribution in [2.24, 2.45) is 0 Å². The Balaban J connectivity index is 0.00000147. The van der Waals surface area contributed by atoms with Crippen LogP contribution in [0.15, 0.2) is 63.7 Å². The molecule has 0 N–H and O–H groups in total. The van der Waals surface area contributed by atoms with Crippen molar-refractivity contribution in [2.45, 2.75) is 9.10 Å². The summed E-state index contributed by atoms with van der Waals surface area (Å²) in [7, 11) is -3.63. The number of thiophene rings is 1. The maximum Gasteiger partial charge on any atom is 1.00 e. The van der Waals surface area contributed by atoms with Gasteiger partial charge in [0.15, 0.2) is 0 Å². The van der Waals surface area contributed by atoms with Gasteiger partial charge in [0.25, 0.3) is 0 Å². The quantitative estimate of drug-likeness (QED) is 0.616. The summed E-state index contributed by atoms with van der Waals surface area (Å²) in [6.45, 7) is 0. The molecule has 3 nitrogen and oxygen atoms in total. The predicted molar refractivity (Wildman–Crippen MR) is 73.2 cm³/mol. The molecule has 6 heteroatoms. The van der Waals surface area contributed by atoms with Gasteiger partial charge >= 0.3 is 18.9 Å². The Labute approximate surface area is 133 Å². The molecule has 0 aliphatic rings. The molecule has 0 saturated heterocycles. The van der Waals surface area contributed by atoms with Gasteiger partial charge in [0.2, 0.25) is 9.84 Å². The number of hydrogen-bond acceptors (Lipinski definition) is 4. The zero-order valence-corrected chi connectivity index (χ0v) is 12.4. The fraction of sp³-hybridized carbons (Fsp3) is 0. The van der Waals surface area contributed by atoms with E-state index in [9.17, 15) is 13.5 Å². The molecule has 1 aromatic heterocycles. The van der Waals surface area contributed by atoms with Crippen molar-refractivity contribution in [3.05, 3.63) is 54.6 Å². The Morgan fingerprint density at radius 3 is 2.05 bits per heavy atom. The molecule has 0 bridgehead atoms. The van der Waals surface area contributed by atoms with Crippen LogP contribution >= 0.6 is 11.3 Å². The van der Waals surface area contributed by atoms with E-state index in [0.29, 0.717) is 10.8 Å². The third-order valence-electron chi connectivity index (χ3n) is 2.85. The van der Waals surface area contributed by atoms with E-state index in [1.165, 1.54) is 12.1 Å². The molecule has 0 atom stereocenters. The summed E-state index contributed by atoms with van der Waals surface area (Å²) >= 11 is 0.786. The maximum atomic E-state index is 12.5. The number of rotatable bonds is 2. The van der Waals surface area contributed by atoms with Gasteiger partial charge in [0, 0.05) is 5.39 Å². The summed E-state index contributed by atoms with van der Waals surface area (Å²) in [5, 5.41) is 12.6. The average molecular weight is 296 g/mol. The third-order valence-corrected chi connectivity index (χ3v) is 6.17. The van der Waals surface area contributed by atoms with Gasteiger partial charge in [-0.3, -0.25) is 0 Å². The number of benzene rings is 2. The molecule has 0 aliphatic carbocycles. The molecule has 0 unspecified atom stereocenters. The van der Waals surface area contributed by atoms with E-state index in [-0.39, 0.29) is 33.0 Å². The fourth-order valence-electron chi connectivity index (χ4n) is 1.94. The smallest absolute Gasteiger partial charge is 0.865 e. The van der Waals surface area contributed by atoms with Crippen molar-refractivity contribution in [3.63, 3.8) is 0 Å². The molecule has 0 spiro atoms.